The van der Waals surface area contributed by atoms with Gasteiger partial charge < -0.3 is 20.0 Å². The van der Waals surface area contributed by atoms with Crippen LogP contribution in [0.25, 0.3) is 0 Å². The summed E-state index contributed by atoms with van der Waals surface area (Å²) in [5.41, 5.74) is 3.46. The van der Waals surface area contributed by atoms with Gasteiger partial charge in [-0.05, 0) is 162 Å². The van der Waals surface area contributed by atoms with Crippen LogP contribution in [0.4, 0.5) is 0 Å². The predicted octanol–water partition coefficient (Wildman–Crippen LogP) is 9.69. The second-order valence-corrected chi connectivity index (χ2v) is 20.8. The van der Waals surface area contributed by atoms with Crippen molar-refractivity contribution in [2.75, 3.05) is 33.0 Å². The minimum atomic E-state index is -0.867. The lowest BCUT2D eigenvalue weighted by atomic mass is 9.69. The fraction of sp³-hybridized carbons (Fsp3) is 0.939. The molecule has 0 spiro atoms. The van der Waals surface area contributed by atoms with Gasteiger partial charge in [-0.15, -0.1) is 0 Å². The summed E-state index contributed by atoms with van der Waals surface area (Å²) in [7, 11) is 0. The summed E-state index contributed by atoms with van der Waals surface area (Å²) >= 11 is 0. The normalized spacial score (nSPS) is 35.7. The SMILES string of the molecule is CCC1CC(CC2CCC(NC(=O)C3CC(COOCC4CCCCC4)CCC3C(=O)O)C(CC)C2)CCC1NOCC1CC(C(=O)OCC2CCCCC2)CCC1COO. The lowest BCUT2D eigenvalue weighted by Gasteiger charge is -2.41. The number of hydroxylamine groups is 1. The smallest absolute Gasteiger partial charge is 0.308 e. The van der Waals surface area contributed by atoms with Gasteiger partial charge in [0.1, 0.15) is 0 Å². The molecule has 12 heteroatoms. The first kappa shape index (κ1) is 48.6. The highest BCUT2D eigenvalue weighted by Crippen LogP contribution is 2.42. The number of carbonyl (C=O) groups is 3. The minimum absolute atomic E-state index is 0.0707. The van der Waals surface area contributed by atoms with Crippen LogP contribution in [0.1, 0.15) is 174 Å². The van der Waals surface area contributed by atoms with E-state index >= 15 is 0 Å². The van der Waals surface area contributed by atoms with Gasteiger partial charge >= 0.3 is 11.9 Å². The molecule has 0 bridgehead atoms. The zero-order valence-electron chi connectivity index (χ0n) is 38.0. The highest BCUT2D eigenvalue weighted by molar-refractivity contribution is 5.85. The van der Waals surface area contributed by atoms with Crippen molar-refractivity contribution in [3.05, 3.63) is 0 Å². The molecule has 0 radical (unpaired) electrons. The molecule has 6 aliphatic carbocycles. The Balaban J connectivity index is 0.908. The summed E-state index contributed by atoms with van der Waals surface area (Å²) in [6.07, 6.45) is 26.2. The van der Waals surface area contributed by atoms with Gasteiger partial charge in [0.05, 0.1) is 50.8 Å². The maximum Gasteiger partial charge on any atom is 0.308 e. The van der Waals surface area contributed by atoms with E-state index in [0.29, 0.717) is 81.2 Å². The summed E-state index contributed by atoms with van der Waals surface area (Å²) in [6.45, 7) is 6.83. The van der Waals surface area contributed by atoms with Crippen LogP contribution in [-0.4, -0.2) is 73.3 Å². The van der Waals surface area contributed by atoms with Crippen LogP contribution in [0.15, 0.2) is 0 Å². The van der Waals surface area contributed by atoms with Crippen molar-refractivity contribution in [1.29, 1.82) is 0 Å². The Morgan fingerprint density at radius 2 is 1.15 bits per heavy atom. The summed E-state index contributed by atoms with van der Waals surface area (Å²) in [4.78, 5) is 61.3. The molecule has 0 aromatic carbocycles. The number of carboxylic acid groups (broad SMARTS) is 1. The minimum Gasteiger partial charge on any atom is -0.481 e. The van der Waals surface area contributed by atoms with Crippen LogP contribution in [0, 0.1) is 71.0 Å². The van der Waals surface area contributed by atoms with Crippen LogP contribution in [0.2, 0.25) is 0 Å². The topological polar surface area (TPSA) is 162 Å². The molecule has 4 N–H and O–H groups in total. The second kappa shape index (κ2) is 25.6. The summed E-state index contributed by atoms with van der Waals surface area (Å²) in [5.74, 6) is 1.33. The fourth-order valence-electron chi connectivity index (χ4n) is 12.8. The Labute approximate surface area is 367 Å². The molecular formula is C49H84N2O10. The molecule has 1 amide bonds. The molecule has 12 unspecified atom stereocenters. The van der Waals surface area contributed by atoms with E-state index in [1.165, 1.54) is 70.6 Å². The average molecular weight is 861 g/mol. The van der Waals surface area contributed by atoms with Crippen molar-refractivity contribution < 1.29 is 49.0 Å². The van der Waals surface area contributed by atoms with Crippen LogP contribution in [-0.2, 0) is 38.6 Å². The molecule has 0 saturated heterocycles. The molecule has 350 valence electrons. The van der Waals surface area contributed by atoms with Crippen LogP contribution in [0.3, 0.4) is 0 Å². The van der Waals surface area contributed by atoms with Crippen molar-refractivity contribution in [1.82, 2.24) is 10.8 Å². The van der Waals surface area contributed by atoms with Gasteiger partial charge in [-0.1, -0.05) is 65.2 Å². The summed E-state index contributed by atoms with van der Waals surface area (Å²) < 4.78 is 5.83. The molecule has 0 aromatic heterocycles. The molecule has 12 atom stereocenters. The van der Waals surface area contributed by atoms with Crippen molar-refractivity contribution in [3.63, 3.8) is 0 Å². The number of aliphatic carboxylic acids is 1. The number of carbonyl (C=O) groups excluding carboxylic acids is 2. The first-order valence-electron chi connectivity index (χ1n) is 25.3. The fourth-order valence-corrected chi connectivity index (χ4v) is 12.8. The van der Waals surface area contributed by atoms with Gasteiger partial charge in [0, 0.05) is 12.1 Å². The predicted molar refractivity (Wildman–Crippen MR) is 233 cm³/mol. The number of nitrogens with one attached hydrogen (secondary N) is 2. The third-order valence-corrected chi connectivity index (χ3v) is 16.7. The number of rotatable bonds is 21. The Kier molecular flexibility index (Phi) is 20.4. The second-order valence-electron chi connectivity index (χ2n) is 20.8. The van der Waals surface area contributed by atoms with Crippen molar-refractivity contribution in [3.8, 4) is 0 Å². The third-order valence-electron chi connectivity index (χ3n) is 16.7. The standard InChI is InChI=1S/C49H84N2O10/c1-3-38-24-35(16-21-45(38)50-47(52)44-26-37(15-20-43(44)48(53)54)30-61-60-29-34-13-9-6-10-14-34)23-36-17-22-46(39(4-2)25-36)51-58-31-42-27-40(18-19-41(42)32-59-56)49(55)57-28-33-11-7-5-8-12-33/h33-46,51,56H,3-32H2,1-2H3,(H,50,52)(H,53,54). The van der Waals surface area contributed by atoms with E-state index in [1.807, 2.05) is 0 Å². The molecule has 0 aliphatic heterocycles. The van der Waals surface area contributed by atoms with Crippen LogP contribution < -0.4 is 10.8 Å². The largest absolute Gasteiger partial charge is 0.481 e. The third kappa shape index (κ3) is 14.9. The number of hydrogen-bond donors (Lipinski definition) is 4. The molecule has 0 heterocycles. The van der Waals surface area contributed by atoms with E-state index in [9.17, 15) is 24.7 Å². The maximum absolute atomic E-state index is 13.9. The molecule has 6 aliphatic rings. The number of carboxylic acids is 1. The lowest BCUT2D eigenvalue weighted by molar-refractivity contribution is -0.310. The first-order chi connectivity index (χ1) is 29.7. The quantitative estimate of drug-likeness (QED) is 0.0376. The molecular weight excluding hydrogens is 777 g/mol. The first-order valence-corrected chi connectivity index (χ1v) is 25.3. The molecule has 6 rings (SSSR count). The number of esters is 1. The van der Waals surface area contributed by atoms with Gasteiger partial charge in [0.15, 0.2) is 0 Å². The molecule has 0 aromatic rings. The van der Waals surface area contributed by atoms with E-state index in [0.717, 1.165) is 70.6 Å². The molecule has 6 fully saturated rings. The van der Waals surface area contributed by atoms with Crippen molar-refractivity contribution in [2.24, 2.45) is 71.0 Å². The number of amides is 1. The zero-order valence-corrected chi connectivity index (χ0v) is 38.0. The van der Waals surface area contributed by atoms with Crippen LogP contribution in [0.5, 0.6) is 0 Å². The van der Waals surface area contributed by atoms with E-state index in [1.54, 1.807) is 0 Å². The Bertz CT molecular complexity index is 1310. The Morgan fingerprint density at radius 3 is 1.79 bits per heavy atom. The van der Waals surface area contributed by atoms with E-state index in [-0.39, 0.29) is 54.2 Å². The maximum atomic E-state index is 13.9. The zero-order chi connectivity index (χ0) is 43.0. The Hall–Kier alpha value is -1.83. The molecule has 6 saturated carbocycles. The van der Waals surface area contributed by atoms with E-state index < -0.39 is 17.8 Å². The summed E-state index contributed by atoms with van der Waals surface area (Å²) in [6, 6.07) is 0.381. The van der Waals surface area contributed by atoms with E-state index in [2.05, 4.69) is 29.5 Å². The molecule has 61 heavy (non-hydrogen) atoms. The summed E-state index contributed by atoms with van der Waals surface area (Å²) in [5, 5.41) is 22.8. The van der Waals surface area contributed by atoms with Gasteiger partial charge in [-0.3, -0.25) is 19.6 Å². The van der Waals surface area contributed by atoms with Gasteiger partial charge in [-0.25, -0.2) is 14.7 Å². The van der Waals surface area contributed by atoms with E-state index in [4.69, 9.17) is 19.3 Å². The monoisotopic (exact) mass is 861 g/mol. The number of hydrogen-bond acceptors (Lipinski definition) is 10. The number of ether oxygens (including phenoxy) is 1. The Morgan fingerprint density at radius 1 is 0.541 bits per heavy atom. The molecule has 12 nitrogen and oxygen atoms in total. The van der Waals surface area contributed by atoms with Gasteiger partial charge in [-0.2, -0.15) is 5.48 Å². The van der Waals surface area contributed by atoms with Crippen molar-refractivity contribution >= 4 is 17.8 Å². The lowest BCUT2D eigenvalue weighted by Crippen LogP contribution is -2.49. The van der Waals surface area contributed by atoms with Crippen molar-refractivity contribution in [2.45, 2.75) is 186 Å². The average Bonchev–Trinajstić information content (AvgIpc) is 3.29. The highest BCUT2D eigenvalue weighted by atomic mass is 17.2. The van der Waals surface area contributed by atoms with Crippen LogP contribution >= 0.6 is 0 Å². The highest BCUT2D eigenvalue weighted by Gasteiger charge is 2.42. The van der Waals surface area contributed by atoms with Gasteiger partial charge in [0.25, 0.3) is 0 Å². The van der Waals surface area contributed by atoms with Gasteiger partial charge in [0.2, 0.25) is 5.91 Å².